The predicted octanol–water partition coefficient (Wildman–Crippen LogP) is 5.92. The van der Waals surface area contributed by atoms with Gasteiger partial charge in [0.2, 0.25) is 0 Å². The second-order valence-electron chi connectivity index (χ2n) is 10.6. The van der Waals surface area contributed by atoms with E-state index in [1.165, 1.54) is 0 Å². The van der Waals surface area contributed by atoms with E-state index in [4.69, 9.17) is 9.16 Å². The summed E-state index contributed by atoms with van der Waals surface area (Å²) in [5, 5.41) is 0.120. The van der Waals surface area contributed by atoms with Gasteiger partial charge >= 0.3 is 5.97 Å². The van der Waals surface area contributed by atoms with E-state index < -0.39 is 25.8 Å². The Balaban J connectivity index is 3.02. The van der Waals surface area contributed by atoms with Gasteiger partial charge in [-0.2, -0.15) is 0 Å². The molecule has 1 rings (SSSR count). The summed E-state index contributed by atoms with van der Waals surface area (Å²) in [5.74, 6) is -1.38. The van der Waals surface area contributed by atoms with Gasteiger partial charge in [-0.05, 0) is 64.1 Å². The highest BCUT2D eigenvalue weighted by Crippen LogP contribution is 2.40. The molecule has 5 heteroatoms. The van der Waals surface area contributed by atoms with Crippen molar-refractivity contribution in [1.82, 2.24) is 0 Å². The Morgan fingerprint density at radius 2 is 1.57 bits per heavy atom. The summed E-state index contributed by atoms with van der Waals surface area (Å²) >= 11 is 0. The van der Waals surface area contributed by atoms with E-state index in [-0.39, 0.29) is 28.8 Å². The van der Waals surface area contributed by atoms with Crippen LogP contribution in [0.1, 0.15) is 74.7 Å². The van der Waals surface area contributed by atoms with Crippen molar-refractivity contribution in [2.45, 2.75) is 104 Å². The third-order valence-electron chi connectivity index (χ3n) is 6.11. The second kappa shape index (κ2) is 9.25. The number of rotatable bonds is 8. The number of ketones is 1. The number of allylic oxidation sites excluding steroid dienone is 1. The smallest absolute Gasteiger partial charge is 0.317 e. The van der Waals surface area contributed by atoms with Gasteiger partial charge in [0.15, 0.2) is 14.1 Å². The third-order valence-corrected chi connectivity index (χ3v) is 10.6. The third kappa shape index (κ3) is 6.55. The van der Waals surface area contributed by atoms with E-state index >= 15 is 0 Å². The topological polar surface area (TPSA) is 52.6 Å². The molecule has 3 atom stereocenters. The number of esters is 1. The standard InChI is InChI=1S/C23H42O4Si/c1-11-16(12-2)20(24)19(21(25)26-22(3,4)5)17-13-14-18(15-17)27-28(9,10)23(6,7)8/h13-14,16-19H,11-12,15H2,1-10H3/t17-,18+,19?/m0/s1. The fourth-order valence-electron chi connectivity index (χ4n) is 3.39. The fourth-order valence-corrected chi connectivity index (χ4v) is 4.68. The normalized spacial score (nSPS) is 21.8. The summed E-state index contributed by atoms with van der Waals surface area (Å²) in [6, 6.07) is 0. The number of ether oxygens (including phenoxy) is 1. The van der Waals surface area contributed by atoms with Crippen LogP contribution < -0.4 is 0 Å². The minimum Gasteiger partial charge on any atom is -0.459 e. The Morgan fingerprint density at radius 1 is 1.04 bits per heavy atom. The first-order valence-corrected chi connectivity index (χ1v) is 13.7. The Hall–Kier alpha value is -0.943. The molecule has 1 aliphatic rings. The molecule has 0 radical (unpaired) electrons. The van der Waals surface area contributed by atoms with Crippen LogP contribution >= 0.6 is 0 Å². The van der Waals surface area contributed by atoms with Gasteiger partial charge in [-0.25, -0.2) is 0 Å². The van der Waals surface area contributed by atoms with E-state index in [1.54, 1.807) is 0 Å². The van der Waals surface area contributed by atoms with Gasteiger partial charge in [0, 0.05) is 5.92 Å². The van der Waals surface area contributed by atoms with E-state index in [0.717, 1.165) is 12.8 Å². The highest BCUT2D eigenvalue weighted by atomic mass is 28.4. The fraction of sp³-hybridized carbons (Fsp3) is 0.826. The molecule has 0 bridgehead atoms. The maximum absolute atomic E-state index is 13.2. The molecule has 1 unspecified atom stereocenters. The van der Waals surface area contributed by atoms with Crippen molar-refractivity contribution >= 4 is 20.1 Å². The number of carbonyl (C=O) groups is 2. The van der Waals surface area contributed by atoms with Crippen LogP contribution in [-0.2, 0) is 18.8 Å². The first kappa shape index (κ1) is 25.1. The summed E-state index contributed by atoms with van der Waals surface area (Å²) in [5.41, 5.74) is -0.608. The zero-order chi connectivity index (χ0) is 21.9. The molecule has 0 N–H and O–H groups in total. The Labute approximate surface area is 173 Å². The van der Waals surface area contributed by atoms with Gasteiger partial charge in [0.25, 0.3) is 0 Å². The monoisotopic (exact) mass is 410 g/mol. The highest BCUT2D eigenvalue weighted by molar-refractivity contribution is 6.74. The van der Waals surface area contributed by atoms with Gasteiger partial charge < -0.3 is 9.16 Å². The lowest BCUT2D eigenvalue weighted by Gasteiger charge is -2.38. The molecule has 0 saturated heterocycles. The predicted molar refractivity (Wildman–Crippen MR) is 118 cm³/mol. The largest absolute Gasteiger partial charge is 0.459 e. The lowest BCUT2D eigenvalue weighted by atomic mass is 9.80. The van der Waals surface area contributed by atoms with Gasteiger partial charge in [-0.3, -0.25) is 9.59 Å². The highest BCUT2D eigenvalue weighted by Gasteiger charge is 2.44. The molecule has 0 spiro atoms. The van der Waals surface area contributed by atoms with Crippen molar-refractivity contribution in [1.29, 1.82) is 0 Å². The van der Waals surface area contributed by atoms with E-state index in [0.29, 0.717) is 6.42 Å². The molecule has 4 nitrogen and oxygen atoms in total. The van der Waals surface area contributed by atoms with E-state index in [2.05, 4.69) is 33.9 Å². The first-order valence-electron chi connectivity index (χ1n) is 10.8. The number of hydrogen-bond acceptors (Lipinski definition) is 4. The maximum Gasteiger partial charge on any atom is 0.317 e. The lowest BCUT2D eigenvalue weighted by molar-refractivity contribution is -0.164. The molecule has 0 aromatic heterocycles. The van der Waals surface area contributed by atoms with Crippen molar-refractivity contribution in [3.8, 4) is 0 Å². The van der Waals surface area contributed by atoms with Crippen LogP contribution in [0.3, 0.4) is 0 Å². The summed E-state index contributed by atoms with van der Waals surface area (Å²) in [6.45, 7) is 20.7. The number of carbonyl (C=O) groups excluding carboxylic acids is 2. The summed E-state index contributed by atoms with van der Waals surface area (Å²) in [4.78, 5) is 26.2. The first-order chi connectivity index (χ1) is 12.6. The molecular formula is C23H42O4Si. The number of Topliss-reactive ketones (excluding diaryl/α,β-unsaturated/α-hetero) is 1. The van der Waals surface area contributed by atoms with Crippen molar-refractivity contribution in [3.63, 3.8) is 0 Å². The molecule has 0 heterocycles. The summed E-state index contributed by atoms with van der Waals surface area (Å²) < 4.78 is 12.1. The molecule has 28 heavy (non-hydrogen) atoms. The van der Waals surface area contributed by atoms with Crippen molar-refractivity contribution in [2.75, 3.05) is 0 Å². The maximum atomic E-state index is 13.2. The molecule has 1 aliphatic carbocycles. The Bertz CT molecular complexity index is 576. The summed E-state index contributed by atoms with van der Waals surface area (Å²) in [7, 11) is -1.91. The van der Waals surface area contributed by atoms with Crippen molar-refractivity contribution in [3.05, 3.63) is 12.2 Å². The van der Waals surface area contributed by atoms with Gasteiger partial charge in [0.1, 0.15) is 11.5 Å². The SMILES string of the molecule is CCC(CC)C(=O)C(C(=O)OC(C)(C)C)[C@H]1C=C[C@@H](O[Si](C)(C)C(C)(C)C)C1. The van der Waals surface area contributed by atoms with Crippen LogP contribution in [0.5, 0.6) is 0 Å². The second-order valence-corrected chi connectivity index (χ2v) is 15.4. The molecule has 0 aliphatic heterocycles. The van der Waals surface area contributed by atoms with Crippen LogP contribution in [0.4, 0.5) is 0 Å². The van der Waals surface area contributed by atoms with Crippen LogP contribution in [0.15, 0.2) is 12.2 Å². The lowest BCUT2D eigenvalue weighted by Crippen LogP contribution is -2.44. The van der Waals surface area contributed by atoms with E-state index in [9.17, 15) is 9.59 Å². The van der Waals surface area contributed by atoms with Gasteiger partial charge in [-0.1, -0.05) is 46.8 Å². The zero-order valence-corrected chi connectivity index (χ0v) is 20.7. The number of hydrogen-bond donors (Lipinski definition) is 0. The minimum absolute atomic E-state index is 0.0156. The van der Waals surface area contributed by atoms with Crippen LogP contribution in [-0.4, -0.2) is 31.8 Å². The molecule has 0 saturated carbocycles. The molecular weight excluding hydrogens is 368 g/mol. The van der Waals surface area contributed by atoms with Crippen LogP contribution in [0.25, 0.3) is 0 Å². The molecule has 0 aromatic carbocycles. The van der Waals surface area contributed by atoms with Crippen LogP contribution in [0.2, 0.25) is 18.1 Å². The van der Waals surface area contributed by atoms with Crippen molar-refractivity contribution < 1.29 is 18.8 Å². The molecule has 0 aromatic rings. The van der Waals surface area contributed by atoms with Crippen LogP contribution in [0, 0.1) is 17.8 Å². The Kier molecular flexibility index (Phi) is 8.29. The molecule has 162 valence electrons. The van der Waals surface area contributed by atoms with E-state index in [1.807, 2.05) is 46.8 Å². The van der Waals surface area contributed by atoms with Crippen molar-refractivity contribution in [2.24, 2.45) is 17.8 Å². The van der Waals surface area contributed by atoms with Gasteiger partial charge in [-0.15, -0.1) is 0 Å². The average molecular weight is 411 g/mol. The quantitative estimate of drug-likeness (QED) is 0.216. The Morgan fingerprint density at radius 3 is 2.00 bits per heavy atom. The average Bonchev–Trinajstić information content (AvgIpc) is 2.92. The molecule has 0 fully saturated rings. The molecule has 0 amide bonds. The minimum atomic E-state index is -1.91. The zero-order valence-electron chi connectivity index (χ0n) is 19.7. The summed E-state index contributed by atoms with van der Waals surface area (Å²) in [6.07, 6.45) is 6.17. The van der Waals surface area contributed by atoms with Gasteiger partial charge in [0.05, 0.1) is 6.10 Å².